The first-order valence-electron chi connectivity index (χ1n) is 8.22. The Kier molecular flexibility index (Phi) is 6.57. The maximum atomic E-state index is 12.2. The number of hydrogen-bond acceptors (Lipinski definition) is 6. The molecule has 2 aromatic carbocycles. The van der Waals surface area contributed by atoms with Gasteiger partial charge in [0.2, 0.25) is 0 Å². The van der Waals surface area contributed by atoms with Gasteiger partial charge >= 0.3 is 5.97 Å². The molecule has 0 bridgehead atoms. The van der Waals surface area contributed by atoms with E-state index in [9.17, 15) is 18.0 Å². The second kappa shape index (κ2) is 8.68. The quantitative estimate of drug-likeness (QED) is 0.729. The third-order valence-electron chi connectivity index (χ3n) is 3.65. The van der Waals surface area contributed by atoms with E-state index in [1.54, 1.807) is 31.2 Å². The zero-order valence-corrected chi connectivity index (χ0v) is 16.1. The summed E-state index contributed by atoms with van der Waals surface area (Å²) in [5.74, 6) is -0.796. The minimum atomic E-state index is -3.46. The first-order valence-corrected chi connectivity index (χ1v) is 10.1. The van der Waals surface area contributed by atoms with Gasteiger partial charge in [-0.25, -0.2) is 13.2 Å². The molecule has 0 aliphatic carbocycles. The first-order chi connectivity index (χ1) is 12.7. The van der Waals surface area contributed by atoms with Gasteiger partial charge in [-0.3, -0.25) is 4.79 Å². The number of carbonyl (C=O) groups is 2. The molecule has 0 unspecified atom stereocenters. The van der Waals surface area contributed by atoms with Crippen LogP contribution in [0.2, 0.25) is 0 Å². The van der Waals surface area contributed by atoms with Crippen molar-refractivity contribution in [3.8, 4) is 5.75 Å². The summed E-state index contributed by atoms with van der Waals surface area (Å²) >= 11 is 0. The van der Waals surface area contributed by atoms with E-state index in [-0.39, 0.29) is 10.5 Å². The molecule has 0 atom stereocenters. The van der Waals surface area contributed by atoms with E-state index in [1.165, 1.54) is 18.2 Å². The highest BCUT2D eigenvalue weighted by Gasteiger charge is 2.17. The average molecular weight is 391 g/mol. The standard InChI is InChI=1S/C19H21NO6S/c1-4-25-17-8-6-5-7-16(17)20-18(21)12-26-19(22)15-11-14(27(3,23)24)10-9-13(15)2/h5-11H,4,12H2,1-3H3,(H,20,21). The molecule has 0 fully saturated rings. The fourth-order valence-electron chi connectivity index (χ4n) is 2.30. The number of sulfone groups is 1. The second-order valence-corrected chi connectivity index (χ2v) is 7.82. The fraction of sp³-hybridized carbons (Fsp3) is 0.263. The number of anilines is 1. The van der Waals surface area contributed by atoms with E-state index >= 15 is 0 Å². The van der Waals surface area contributed by atoms with Crippen molar-refractivity contribution in [2.45, 2.75) is 18.7 Å². The number of benzene rings is 2. The van der Waals surface area contributed by atoms with Crippen LogP contribution in [0.25, 0.3) is 0 Å². The zero-order chi connectivity index (χ0) is 20.0. The van der Waals surface area contributed by atoms with Crippen LogP contribution in [-0.4, -0.2) is 39.8 Å². The van der Waals surface area contributed by atoms with E-state index < -0.39 is 28.3 Å². The Morgan fingerprint density at radius 3 is 2.48 bits per heavy atom. The number of amides is 1. The number of hydrogen-bond donors (Lipinski definition) is 1. The topological polar surface area (TPSA) is 98.8 Å². The van der Waals surface area contributed by atoms with Gasteiger partial charge in [-0.2, -0.15) is 0 Å². The van der Waals surface area contributed by atoms with Gasteiger partial charge in [0.25, 0.3) is 5.91 Å². The summed E-state index contributed by atoms with van der Waals surface area (Å²) in [6, 6.07) is 11.1. The fourth-order valence-corrected chi connectivity index (χ4v) is 2.95. The Bertz CT molecular complexity index is 952. The van der Waals surface area contributed by atoms with Crippen molar-refractivity contribution in [2.75, 3.05) is 24.8 Å². The van der Waals surface area contributed by atoms with Gasteiger partial charge in [0.1, 0.15) is 5.75 Å². The van der Waals surface area contributed by atoms with Crippen molar-refractivity contribution in [1.82, 2.24) is 0 Å². The number of nitrogens with one attached hydrogen (secondary N) is 1. The molecule has 0 spiro atoms. The highest BCUT2D eigenvalue weighted by atomic mass is 32.2. The molecular formula is C19H21NO6S. The number of para-hydroxylation sites is 2. The van der Waals surface area contributed by atoms with Crippen molar-refractivity contribution < 1.29 is 27.5 Å². The van der Waals surface area contributed by atoms with E-state index in [1.807, 2.05) is 6.92 Å². The maximum absolute atomic E-state index is 12.2. The smallest absolute Gasteiger partial charge is 0.338 e. The van der Waals surface area contributed by atoms with Crippen LogP contribution in [0, 0.1) is 6.92 Å². The van der Waals surface area contributed by atoms with Crippen LogP contribution in [0.15, 0.2) is 47.4 Å². The number of rotatable bonds is 7. The molecular weight excluding hydrogens is 370 g/mol. The minimum Gasteiger partial charge on any atom is -0.492 e. The molecule has 0 aromatic heterocycles. The molecule has 0 aliphatic rings. The van der Waals surface area contributed by atoms with Gasteiger partial charge in [-0.05, 0) is 43.7 Å². The Labute approximate surface area is 158 Å². The monoisotopic (exact) mass is 391 g/mol. The van der Waals surface area contributed by atoms with Crippen LogP contribution in [0.5, 0.6) is 5.75 Å². The van der Waals surface area contributed by atoms with Gasteiger partial charge in [0.05, 0.1) is 22.8 Å². The predicted octanol–water partition coefficient (Wildman–Crippen LogP) is 2.59. The highest BCUT2D eigenvalue weighted by Crippen LogP contribution is 2.23. The molecule has 2 aromatic rings. The molecule has 2 rings (SSSR count). The van der Waals surface area contributed by atoms with Crippen LogP contribution in [0.3, 0.4) is 0 Å². The largest absolute Gasteiger partial charge is 0.492 e. The Hall–Kier alpha value is -2.87. The van der Waals surface area contributed by atoms with E-state index in [4.69, 9.17) is 9.47 Å². The third-order valence-corrected chi connectivity index (χ3v) is 4.76. The van der Waals surface area contributed by atoms with Gasteiger partial charge in [0.15, 0.2) is 16.4 Å². The predicted molar refractivity (Wildman–Crippen MR) is 101 cm³/mol. The molecule has 27 heavy (non-hydrogen) atoms. The summed E-state index contributed by atoms with van der Waals surface area (Å²) in [6.45, 7) is 3.41. The Morgan fingerprint density at radius 1 is 1.11 bits per heavy atom. The summed E-state index contributed by atoms with van der Waals surface area (Å²) in [5, 5.41) is 2.62. The molecule has 0 radical (unpaired) electrons. The lowest BCUT2D eigenvalue weighted by Crippen LogP contribution is -2.21. The molecule has 0 aliphatic heterocycles. The van der Waals surface area contributed by atoms with Gasteiger partial charge in [-0.1, -0.05) is 18.2 Å². The molecule has 0 saturated carbocycles. The van der Waals surface area contributed by atoms with Crippen molar-refractivity contribution >= 4 is 27.4 Å². The van der Waals surface area contributed by atoms with E-state index in [0.717, 1.165) is 6.26 Å². The average Bonchev–Trinajstić information content (AvgIpc) is 2.61. The molecule has 1 N–H and O–H groups in total. The van der Waals surface area contributed by atoms with Crippen LogP contribution in [-0.2, 0) is 19.4 Å². The van der Waals surface area contributed by atoms with Gasteiger partial charge in [-0.15, -0.1) is 0 Å². The number of aryl methyl sites for hydroxylation is 1. The number of ether oxygens (including phenoxy) is 2. The van der Waals surface area contributed by atoms with Crippen molar-refractivity contribution in [3.05, 3.63) is 53.6 Å². The molecule has 0 saturated heterocycles. The lowest BCUT2D eigenvalue weighted by Gasteiger charge is -2.12. The minimum absolute atomic E-state index is 0.00939. The lowest BCUT2D eigenvalue weighted by molar-refractivity contribution is -0.119. The van der Waals surface area contributed by atoms with E-state index in [2.05, 4.69) is 5.32 Å². The Morgan fingerprint density at radius 2 is 1.81 bits per heavy atom. The highest BCUT2D eigenvalue weighted by molar-refractivity contribution is 7.90. The van der Waals surface area contributed by atoms with Gasteiger partial charge in [0, 0.05) is 6.26 Å². The molecule has 7 nitrogen and oxygen atoms in total. The van der Waals surface area contributed by atoms with Crippen LogP contribution in [0.4, 0.5) is 5.69 Å². The zero-order valence-electron chi connectivity index (χ0n) is 15.3. The van der Waals surface area contributed by atoms with Crippen LogP contribution >= 0.6 is 0 Å². The summed E-state index contributed by atoms with van der Waals surface area (Å²) in [5.41, 5.74) is 1.12. The molecule has 8 heteroatoms. The van der Waals surface area contributed by atoms with Crippen LogP contribution in [0.1, 0.15) is 22.8 Å². The summed E-state index contributed by atoms with van der Waals surface area (Å²) in [7, 11) is -3.46. The number of esters is 1. The van der Waals surface area contributed by atoms with Crippen molar-refractivity contribution in [2.24, 2.45) is 0 Å². The maximum Gasteiger partial charge on any atom is 0.338 e. The van der Waals surface area contributed by atoms with Crippen LogP contribution < -0.4 is 10.1 Å². The first kappa shape index (κ1) is 20.4. The summed E-state index contributed by atoms with van der Waals surface area (Å²) < 4.78 is 33.7. The molecule has 144 valence electrons. The normalized spacial score (nSPS) is 10.9. The second-order valence-electron chi connectivity index (χ2n) is 5.80. The number of carbonyl (C=O) groups excluding carboxylic acids is 2. The SMILES string of the molecule is CCOc1ccccc1NC(=O)COC(=O)c1cc(S(C)(=O)=O)ccc1C. The van der Waals surface area contributed by atoms with E-state index in [0.29, 0.717) is 23.6 Å². The molecule has 0 heterocycles. The lowest BCUT2D eigenvalue weighted by atomic mass is 10.1. The molecule has 1 amide bonds. The van der Waals surface area contributed by atoms with Gasteiger partial charge < -0.3 is 14.8 Å². The van der Waals surface area contributed by atoms with Crippen molar-refractivity contribution in [3.63, 3.8) is 0 Å². The third kappa shape index (κ3) is 5.55. The summed E-state index contributed by atoms with van der Waals surface area (Å²) in [6.07, 6.45) is 1.05. The summed E-state index contributed by atoms with van der Waals surface area (Å²) in [4.78, 5) is 24.3. The Balaban J connectivity index is 2.05. The van der Waals surface area contributed by atoms with Crippen molar-refractivity contribution in [1.29, 1.82) is 0 Å².